The van der Waals surface area contributed by atoms with Gasteiger partial charge in [0.05, 0.1) is 11.6 Å². The molecule has 1 atom stereocenters. The Bertz CT molecular complexity index is 592. The number of carbonyl (C=O) groups is 2. The summed E-state index contributed by atoms with van der Waals surface area (Å²) in [5.41, 5.74) is 1.19. The number of nitrogens with zero attached hydrogens (tertiary/aromatic N) is 2. The average Bonchev–Trinajstić information content (AvgIpc) is 2.98. The highest BCUT2D eigenvalue weighted by Crippen LogP contribution is 2.17. The van der Waals surface area contributed by atoms with Gasteiger partial charge in [-0.15, -0.1) is 0 Å². The summed E-state index contributed by atoms with van der Waals surface area (Å²) in [6.07, 6.45) is 3.22. The molecule has 0 unspecified atom stereocenters. The molecule has 1 aromatic rings. The second-order valence-electron chi connectivity index (χ2n) is 5.61. The van der Waals surface area contributed by atoms with E-state index in [0.29, 0.717) is 24.2 Å². The molecule has 1 aromatic carbocycles. The van der Waals surface area contributed by atoms with Gasteiger partial charge in [0.2, 0.25) is 5.91 Å². The van der Waals surface area contributed by atoms with Gasteiger partial charge in [-0.1, -0.05) is 6.92 Å². The van der Waals surface area contributed by atoms with Crippen LogP contribution < -0.4 is 10.6 Å². The molecule has 0 spiro atoms. The van der Waals surface area contributed by atoms with Gasteiger partial charge in [0.15, 0.2) is 0 Å². The number of nitrogens with one attached hydrogen (secondary N) is 2. The number of amides is 3. The Morgan fingerprint density at radius 2 is 2.13 bits per heavy atom. The molecule has 0 saturated carbocycles. The van der Waals surface area contributed by atoms with Gasteiger partial charge >= 0.3 is 6.03 Å². The largest absolute Gasteiger partial charge is 0.340 e. The van der Waals surface area contributed by atoms with Crippen LogP contribution >= 0.6 is 0 Å². The molecule has 1 aliphatic heterocycles. The van der Waals surface area contributed by atoms with Crippen LogP contribution in [0.5, 0.6) is 0 Å². The molecule has 0 aromatic heterocycles. The fourth-order valence-corrected chi connectivity index (χ4v) is 2.79. The lowest BCUT2D eigenvalue weighted by atomic mass is 10.1. The van der Waals surface area contributed by atoms with E-state index in [1.807, 2.05) is 11.0 Å². The third-order valence-corrected chi connectivity index (χ3v) is 4.06. The van der Waals surface area contributed by atoms with Crippen molar-refractivity contribution < 1.29 is 9.59 Å². The first-order valence-electron chi connectivity index (χ1n) is 7.98. The second kappa shape index (κ2) is 8.18. The SMILES string of the molecule is CC[C@@H](CCNC(=O)Nc1ccc(C#N)cc1)N1CCCC1=O. The Morgan fingerprint density at radius 3 is 2.70 bits per heavy atom. The smallest absolute Gasteiger partial charge is 0.319 e. The molecule has 0 bridgehead atoms. The molecule has 122 valence electrons. The molecular weight excluding hydrogens is 292 g/mol. The van der Waals surface area contributed by atoms with E-state index in [0.717, 1.165) is 25.8 Å². The second-order valence-corrected chi connectivity index (χ2v) is 5.61. The van der Waals surface area contributed by atoms with Crippen molar-refractivity contribution in [1.29, 1.82) is 5.26 Å². The summed E-state index contributed by atoms with van der Waals surface area (Å²) in [7, 11) is 0. The number of urea groups is 1. The molecule has 0 aliphatic carbocycles. The number of hydrogen-bond acceptors (Lipinski definition) is 3. The number of hydrogen-bond donors (Lipinski definition) is 2. The lowest BCUT2D eigenvalue weighted by molar-refractivity contribution is -0.129. The number of nitriles is 1. The minimum Gasteiger partial charge on any atom is -0.340 e. The number of anilines is 1. The fraction of sp³-hybridized carbons (Fsp3) is 0.471. The Labute approximate surface area is 136 Å². The molecular formula is C17H22N4O2. The molecule has 0 radical (unpaired) electrons. The molecule has 1 aliphatic rings. The van der Waals surface area contributed by atoms with Crippen molar-refractivity contribution in [1.82, 2.24) is 10.2 Å². The molecule has 2 rings (SSSR count). The van der Waals surface area contributed by atoms with Gasteiger partial charge in [-0.3, -0.25) is 4.79 Å². The van der Waals surface area contributed by atoms with Crippen LogP contribution in [0.1, 0.15) is 38.2 Å². The maximum absolute atomic E-state index is 11.9. The summed E-state index contributed by atoms with van der Waals surface area (Å²) in [6, 6.07) is 8.63. The first kappa shape index (κ1) is 16.8. The topological polar surface area (TPSA) is 85.2 Å². The van der Waals surface area contributed by atoms with Crippen LogP contribution in [0.2, 0.25) is 0 Å². The van der Waals surface area contributed by atoms with Crippen molar-refractivity contribution in [3.05, 3.63) is 29.8 Å². The van der Waals surface area contributed by atoms with Crippen molar-refractivity contribution in [3.8, 4) is 6.07 Å². The van der Waals surface area contributed by atoms with Crippen LogP contribution in [0.25, 0.3) is 0 Å². The number of rotatable bonds is 6. The zero-order chi connectivity index (χ0) is 16.7. The molecule has 1 heterocycles. The van der Waals surface area contributed by atoms with E-state index in [1.165, 1.54) is 0 Å². The van der Waals surface area contributed by atoms with Crippen LogP contribution in [0, 0.1) is 11.3 Å². The standard InChI is InChI=1S/C17H22N4O2/c1-2-15(21-11-3-4-16(21)22)9-10-19-17(23)20-14-7-5-13(12-18)6-8-14/h5-8,15H,2-4,9-11H2,1H3,(H2,19,20,23)/t15-/m0/s1. The first-order valence-corrected chi connectivity index (χ1v) is 7.98. The van der Waals surface area contributed by atoms with Gasteiger partial charge in [0.1, 0.15) is 0 Å². The Kier molecular flexibility index (Phi) is 5.98. The molecule has 2 N–H and O–H groups in total. The van der Waals surface area contributed by atoms with Gasteiger partial charge in [0, 0.05) is 31.2 Å². The van der Waals surface area contributed by atoms with Crippen LogP contribution in [0.4, 0.5) is 10.5 Å². The average molecular weight is 314 g/mol. The summed E-state index contributed by atoms with van der Waals surface area (Å²) in [4.78, 5) is 25.6. The summed E-state index contributed by atoms with van der Waals surface area (Å²) in [5.74, 6) is 0.221. The third kappa shape index (κ3) is 4.71. The van der Waals surface area contributed by atoms with Gasteiger partial charge < -0.3 is 15.5 Å². The molecule has 1 saturated heterocycles. The minimum atomic E-state index is -0.280. The molecule has 6 nitrogen and oxygen atoms in total. The molecule has 1 fully saturated rings. The lowest BCUT2D eigenvalue weighted by Crippen LogP contribution is -2.39. The molecule has 3 amide bonds. The van der Waals surface area contributed by atoms with Crippen molar-refractivity contribution in [2.45, 2.75) is 38.6 Å². The molecule has 23 heavy (non-hydrogen) atoms. The minimum absolute atomic E-state index is 0.195. The van der Waals surface area contributed by atoms with Crippen molar-refractivity contribution in [2.24, 2.45) is 0 Å². The maximum atomic E-state index is 11.9. The zero-order valence-electron chi connectivity index (χ0n) is 13.3. The van der Waals surface area contributed by atoms with E-state index in [2.05, 4.69) is 17.6 Å². The maximum Gasteiger partial charge on any atom is 0.319 e. The number of benzene rings is 1. The van der Waals surface area contributed by atoms with Gasteiger partial charge in [-0.05, 0) is 43.5 Å². The van der Waals surface area contributed by atoms with Crippen LogP contribution in [0.15, 0.2) is 24.3 Å². The Balaban J connectivity index is 1.75. The van der Waals surface area contributed by atoms with Crippen LogP contribution in [0.3, 0.4) is 0 Å². The van der Waals surface area contributed by atoms with Crippen LogP contribution in [-0.4, -0.2) is 36.0 Å². The van der Waals surface area contributed by atoms with Gasteiger partial charge in [-0.2, -0.15) is 5.26 Å². The molecule has 6 heteroatoms. The van der Waals surface area contributed by atoms with Crippen molar-refractivity contribution >= 4 is 17.6 Å². The highest BCUT2D eigenvalue weighted by Gasteiger charge is 2.26. The fourth-order valence-electron chi connectivity index (χ4n) is 2.79. The summed E-state index contributed by atoms with van der Waals surface area (Å²) in [6.45, 7) is 3.41. The summed E-state index contributed by atoms with van der Waals surface area (Å²) in [5, 5.41) is 14.3. The summed E-state index contributed by atoms with van der Waals surface area (Å²) >= 11 is 0. The highest BCUT2D eigenvalue weighted by atomic mass is 16.2. The van der Waals surface area contributed by atoms with Crippen molar-refractivity contribution in [2.75, 3.05) is 18.4 Å². The predicted octanol–water partition coefficient (Wildman–Crippen LogP) is 2.47. The van der Waals surface area contributed by atoms with Crippen LogP contribution in [-0.2, 0) is 4.79 Å². The Hall–Kier alpha value is -2.55. The third-order valence-electron chi connectivity index (χ3n) is 4.06. The van der Waals surface area contributed by atoms with E-state index in [9.17, 15) is 9.59 Å². The lowest BCUT2D eigenvalue weighted by Gasteiger charge is -2.26. The Morgan fingerprint density at radius 1 is 1.39 bits per heavy atom. The number of carbonyl (C=O) groups excluding carboxylic acids is 2. The highest BCUT2D eigenvalue weighted by molar-refractivity contribution is 5.89. The monoisotopic (exact) mass is 314 g/mol. The van der Waals surface area contributed by atoms with E-state index in [1.54, 1.807) is 24.3 Å². The van der Waals surface area contributed by atoms with E-state index >= 15 is 0 Å². The summed E-state index contributed by atoms with van der Waals surface area (Å²) < 4.78 is 0. The van der Waals surface area contributed by atoms with Crippen molar-refractivity contribution in [3.63, 3.8) is 0 Å². The van der Waals surface area contributed by atoms with E-state index in [-0.39, 0.29) is 18.0 Å². The van der Waals surface area contributed by atoms with E-state index < -0.39 is 0 Å². The van der Waals surface area contributed by atoms with Gasteiger partial charge in [-0.25, -0.2) is 4.79 Å². The quantitative estimate of drug-likeness (QED) is 0.846. The van der Waals surface area contributed by atoms with E-state index in [4.69, 9.17) is 5.26 Å². The van der Waals surface area contributed by atoms with Gasteiger partial charge in [0.25, 0.3) is 0 Å². The number of likely N-dealkylation sites (tertiary alicyclic amines) is 1. The zero-order valence-corrected chi connectivity index (χ0v) is 13.3. The first-order chi connectivity index (χ1) is 11.1. The normalized spacial score (nSPS) is 15.1. The predicted molar refractivity (Wildman–Crippen MR) is 87.8 cm³/mol.